The lowest BCUT2D eigenvalue weighted by molar-refractivity contribution is 0.102. The van der Waals surface area contributed by atoms with Gasteiger partial charge in [-0.25, -0.2) is 18.7 Å². The number of alkyl halides is 2. The summed E-state index contributed by atoms with van der Waals surface area (Å²) in [5, 5.41) is 2.59. The fourth-order valence-corrected chi connectivity index (χ4v) is 2.14. The van der Waals surface area contributed by atoms with Gasteiger partial charge >= 0.3 is 0 Å². The van der Waals surface area contributed by atoms with Crippen molar-refractivity contribution in [3.8, 4) is 11.5 Å². The number of nitrogens with zero attached hydrogens (tertiary/aromatic N) is 2. The highest BCUT2D eigenvalue weighted by molar-refractivity contribution is 6.03. The zero-order valence-electron chi connectivity index (χ0n) is 12.2. The molecule has 0 atom stereocenters. The minimum absolute atomic E-state index is 0.107. The molecule has 0 fully saturated rings. The first-order valence-electron chi connectivity index (χ1n) is 6.87. The largest absolute Gasteiger partial charge is 0.486 e. The quantitative estimate of drug-likeness (QED) is 0.941. The Morgan fingerprint density at radius 3 is 2.65 bits per heavy atom. The van der Waals surface area contributed by atoms with Gasteiger partial charge in [-0.2, -0.15) is 0 Å². The molecular weight excluding hydrogens is 308 g/mol. The van der Waals surface area contributed by atoms with Crippen LogP contribution in [-0.4, -0.2) is 29.1 Å². The smallest absolute Gasteiger partial charge is 0.280 e. The molecule has 0 radical (unpaired) electrons. The normalized spacial score (nSPS) is 13.0. The fourth-order valence-electron chi connectivity index (χ4n) is 2.14. The van der Waals surface area contributed by atoms with Gasteiger partial charge in [-0.15, -0.1) is 0 Å². The molecule has 0 spiro atoms. The Labute approximate surface area is 130 Å². The third-order valence-corrected chi connectivity index (χ3v) is 3.11. The average molecular weight is 321 g/mol. The van der Waals surface area contributed by atoms with Crippen LogP contribution >= 0.6 is 0 Å². The molecule has 1 aromatic carbocycles. The zero-order valence-corrected chi connectivity index (χ0v) is 12.2. The van der Waals surface area contributed by atoms with Gasteiger partial charge in [0.2, 0.25) is 0 Å². The van der Waals surface area contributed by atoms with E-state index in [9.17, 15) is 13.6 Å². The highest BCUT2D eigenvalue weighted by Crippen LogP contribution is 2.32. The Hall–Kier alpha value is -2.77. The number of fused-ring (bicyclic) bond motifs is 1. The zero-order chi connectivity index (χ0) is 16.4. The molecule has 8 heteroatoms. The first-order valence-corrected chi connectivity index (χ1v) is 6.87. The number of hydrogen-bond donors (Lipinski definition) is 1. The van der Waals surface area contributed by atoms with Gasteiger partial charge in [-0.1, -0.05) is 0 Å². The maximum atomic E-state index is 12.8. The van der Waals surface area contributed by atoms with Crippen molar-refractivity contribution in [2.24, 2.45) is 0 Å². The number of nitrogens with one attached hydrogen (secondary N) is 1. The van der Waals surface area contributed by atoms with Crippen molar-refractivity contribution in [1.82, 2.24) is 9.97 Å². The lowest BCUT2D eigenvalue weighted by Gasteiger charge is -2.19. The van der Waals surface area contributed by atoms with Crippen molar-refractivity contribution in [3.63, 3.8) is 0 Å². The summed E-state index contributed by atoms with van der Waals surface area (Å²) >= 11 is 0. The number of carbonyl (C=O) groups is 1. The van der Waals surface area contributed by atoms with E-state index < -0.39 is 18.0 Å². The molecule has 120 valence electrons. The second kappa shape index (κ2) is 6.15. The topological polar surface area (TPSA) is 73.3 Å². The number of carbonyl (C=O) groups excluding carboxylic acids is 1. The Bertz CT molecular complexity index is 753. The van der Waals surface area contributed by atoms with E-state index in [-0.39, 0.29) is 11.5 Å². The standard InChI is InChI=1S/C15H13F2N3O3/c1-8-18-10(14(16)17)7-11(19-8)15(21)20-9-2-3-12-13(6-9)23-5-4-22-12/h2-3,6-7,14H,4-5H2,1H3,(H,20,21). The van der Waals surface area contributed by atoms with Gasteiger partial charge in [-0.3, -0.25) is 4.79 Å². The molecule has 6 nitrogen and oxygen atoms in total. The second-order valence-corrected chi connectivity index (χ2v) is 4.84. The van der Waals surface area contributed by atoms with Crippen molar-refractivity contribution in [2.45, 2.75) is 13.3 Å². The van der Waals surface area contributed by atoms with Crippen LogP contribution in [0.15, 0.2) is 24.3 Å². The monoisotopic (exact) mass is 321 g/mol. The van der Waals surface area contributed by atoms with Gasteiger partial charge in [0.05, 0.1) is 0 Å². The van der Waals surface area contributed by atoms with Crippen LogP contribution in [0.4, 0.5) is 14.5 Å². The summed E-state index contributed by atoms with van der Waals surface area (Å²) in [6, 6.07) is 5.88. The van der Waals surface area contributed by atoms with Crippen molar-refractivity contribution < 1.29 is 23.0 Å². The third kappa shape index (κ3) is 3.36. The van der Waals surface area contributed by atoms with Crippen molar-refractivity contribution in [2.75, 3.05) is 18.5 Å². The van der Waals surface area contributed by atoms with E-state index in [0.29, 0.717) is 30.4 Å². The maximum Gasteiger partial charge on any atom is 0.280 e. The van der Waals surface area contributed by atoms with E-state index in [1.54, 1.807) is 18.2 Å². The Morgan fingerprint density at radius 2 is 1.91 bits per heavy atom. The molecule has 0 saturated heterocycles. The SMILES string of the molecule is Cc1nc(C(=O)Nc2ccc3c(c2)OCCO3)cc(C(F)F)n1. The van der Waals surface area contributed by atoms with E-state index in [2.05, 4.69) is 15.3 Å². The number of ether oxygens (including phenoxy) is 2. The highest BCUT2D eigenvalue weighted by Gasteiger charge is 2.17. The number of hydrogen-bond acceptors (Lipinski definition) is 5. The fraction of sp³-hybridized carbons (Fsp3) is 0.267. The predicted octanol–water partition coefficient (Wildman–Crippen LogP) is 2.75. The van der Waals surface area contributed by atoms with E-state index in [1.165, 1.54) is 6.92 Å². The summed E-state index contributed by atoms with van der Waals surface area (Å²) in [4.78, 5) is 19.7. The van der Waals surface area contributed by atoms with Crippen LogP contribution in [-0.2, 0) is 0 Å². The lowest BCUT2D eigenvalue weighted by atomic mass is 10.2. The molecule has 0 bridgehead atoms. The lowest BCUT2D eigenvalue weighted by Crippen LogP contribution is -2.17. The molecule has 0 saturated carbocycles. The van der Waals surface area contributed by atoms with Crippen LogP contribution in [0.5, 0.6) is 11.5 Å². The average Bonchev–Trinajstić information content (AvgIpc) is 2.54. The highest BCUT2D eigenvalue weighted by atomic mass is 19.3. The molecule has 1 aromatic heterocycles. The summed E-state index contributed by atoms with van der Waals surface area (Å²) < 4.78 is 36.3. The van der Waals surface area contributed by atoms with Gasteiger partial charge in [0.25, 0.3) is 12.3 Å². The van der Waals surface area contributed by atoms with E-state index in [0.717, 1.165) is 6.07 Å². The Morgan fingerprint density at radius 1 is 1.17 bits per heavy atom. The Kier molecular flexibility index (Phi) is 4.05. The second-order valence-electron chi connectivity index (χ2n) is 4.84. The molecule has 0 unspecified atom stereocenters. The van der Waals surface area contributed by atoms with E-state index in [1.807, 2.05) is 0 Å². The molecule has 1 aliphatic heterocycles. The summed E-state index contributed by atoms with van der Waals surface area (Å²) in [6.07, 6.45) is -2.77. The van der Waals surface area contributed by atoms with Crippen LogP contribution < -0.4 is 14.8 Å². The number of aromatic nitrogens is 2. The van der Waals surface area contributed by atoms with Gasteiger partial charge in [0, 0.05) is 11.8 Å². The summed E-state index contributed by atoms with van der Waals surface area (Å²) in [6.45, 7) is 2.34. The minimum Gasteiger partial charge on any atom is -0.486 e. The van der Waals surface area contributed by atoms with Crippen molar-refractivity contribution >= 4 is 11.6 Å². The van der Waals surface area contributed by atoms with Gasteiger partial charge in [0.1, 0.15) is 30.4 Å². The van der Waals surface area contributed by atoms with Gasteiger partial charge < -0.3 is 14.8 Å². The number of aryl methyl sites for hydroxylation is 1. The first-order chi connectivity index (χ1) is 11.0. The number of halogens is 2. The van der Waals surface area contributed by atoms with Crippen molar-refractivity contribution in [1.29, 1.82) is 0 Å². The van der Waals surface area contributed by atoms with Crippen LogP contribution in [0.25, 0.3) is 0 Å². The molecule has 1 aliphatic rings. The van der Waals surface area contributed by atoms with Crippen LogP contribution in [0.1, 0.15) is 28.4 Å². The molecular formula is C15H13F2N3O3. The minimum atomic E-state index is -2.77. The predicted molar refractivity (Wildman–Crippen MR) is 77.1 cm³/mol. The van der Waals surface area contributed by atoms with Gasteiger partial charge in [-0.05, 0) is 25.1 Å². The Balaban J connectivity index is 1.82. The van der Waals surface area contributed by atoms with E-state index >= 15 is 0 Å². The molecule has 23 heavy (non-hydrogen) atoms. The first kappa shape index (κ1) is 15.1. The van der Waals surface area contributed by atoms with Crippen LogP contribution in [0.2, 0.25) is 0 Å². The van der Waals surface area contributed by atoms with Crippen molar-refractivity contribution in [3.05, 3.63) is 41.5 Å². The molecule has 3 rings (SSSR count). The molecule has 1 N–H and O–H groups in total. The number of benzene rings is 1. The van der Waals surface area contributed by atoms with E-state index in [4.69, 9.17) is 9.47 Å². The maximum absolute atomic E-state index is 12.8. The van der Waals surface area contributed by atoms with Crippen LogP contribution in [0, 0.1) is 6.92 Å². The summed E-state index contributed by atoms with van der Waals surface area (Å²) in [5.74, 6) is 0.609. The molecule has 2 aromatic rings. The summed E-state index contributed by atoms with van der Waals surface area (Å²) in [7, 11) is 0. The summed E-state index contributed by atoms with van der Waals surface area (Å²) in [5.41, 5.74) is -0.151. The third-order valence-electron chi connectivity index (χ3n) is 3.11. The van der Waals surface area contributed by atoms with Crippen LogP contribution in [0.3, 0.4) is 0 Å². The number of amides is 1. The number of anilines is 1. The molecule has 2 heterocycles. The number of rotatable bonds is 3. The molecule has 0 aliphatic carbocycles. The molecule has 1 amide bonds. The van der Waals surface area contributed by atoms with Gasteiger partial charge in [0.15, 0.2) is 11.5 Å².